The number of rotatable bonds is 3. The van der Waals surface area contributed by atoms with Gasteiger partial charge in [-0.3, -0.25) is 9.59 Å². The molecule has 2 aromatic rings. The predicted molar refractivity (Wildman–Crippen MR) is 79.9 cm³/mol. The summed E-state index contributed by atoms with van der Waals surface area (Å²) in [4.78, 5) is 27.1. The van der Waals surface area contributed by atoms with E-state index in [-0.39, 0.29) is 11.3 Å². The molecule has 5 nitrogen and oxygen atoms in total. The fourth-order valence-corrected chi connectivity index (χ4v) is 1.87. The van der Waals surface area contributed by atoms with Gasteiger partial charge in [0.2, 0.25) is 5.91 Å². The lowest BCUT2D eigenvalue weighted by molar-refractivity contribution is 0.0995. The van der Waals surface area contributed by atoms with Crippen LogP contribution in [0.1, 0.15) is 20.8 Å². The number of pyridine rings is 1. The lowest BCUT2D eigenvalue weighted by Crippen LogP contribution is -2.15. The molecule has 0 saturated heterocycles. The Morgan fingerprint density at radius 3 is 2.60 bits per heavy atom. The molecule has 1 heterocycles. The van der Waals surface area contributed by atoms with Gasteiger partial charge in [0, 0.05) is 16.2 Å². The third-order valence-corrected chi connectivity index (χ3v) is 3.26. The molecule has 7 heteroatoms. The Balaban J connectivity index is 2.25. The first-order chi connectivity index (χ1) is 9.47. The fraction of sp³-hybridized carbons (Fsp3) is 0. The van der Waals surface area contributed by atoms with Crippen LogP contribution < -0.4 is 11.1 Å². The minimum atomic E-state index is -0.598. The van der Waals surface area contributed by atoms with Crippen LogP contribution in [0, 0.1) is 0 Å². The summed E-state index contributed by atoms with van der Waals surface area (Å²) < 4.78 is 0.766. The molecule has 0 saturated carbocycles. The average molecular weight is 355 g/mol. The quantitative estimate of drug-likeness (QED) is 0.889. The summed E-state index contributed by atoms with van der Waals surface area (Å²) in [5, 5.41) is 2.89. The molecule has 1 aromatic carbocycles. The maximum atomic E-state index is 12.0. The van der Waals surface area contributed by atoms with E-state index in [9.17, 15) is 9.59 Å². The van der Waals surface area contributed by atoms with Crippen LogP contribution in [0.4, 0.5) is 5.69 Å². The summed E-state index contributed by atoms with van der Waals surface area (Å²) in [6.45, 7) is 0. The molecule has 0 spiro atoms. The number of nitrogens with zero attached hydrogens (tertiary/aromatic N) is 1. The van der Waals surface area contributed by atoms with Gasteiger partial charge in [-0.1, -0.05) is 11.6 Å². The number of halogens is 2. The Bertz CT molecular complexity index is 674. The van der Waals surface area contributed by atoms with Crippen molar-refractivity contribution in [1.82, 2.24) is 4.98 Å². The third-order valence-electron chi connectivity index (χ3n) is 2.46. The first kappa shape index (κ1) is 14.5. The van der Waals surface area contributed by atoms with Crippen LogP contribution in [0.2, 0.25) is 5.02 Å². The van der Waals surface area contributed by atoms with Crippen molar-refractivity contribution in [3.05, 3.63) is 57.3 Å². The number of carbonyl (C=O) groups excluding carboxylic acids is 2. The topological polar surface area (TPSA) is 85.1 Å². The number of anilines is 1. The van der Waals surface area contributed by atoms with Gasteiger partial charge in [0.1, 0.15) is 5.69 Å². The highest BCUT2D eigenvalue weighted by Gasteiger charge is 2.11. The zero-order chi connectivity index (χ0) is 14.7. The zero-order valence-corrected chi connectivity index (χ0v) is 12.4. The standard InChI is InChI=1S/C13H9BrClN3O2/c14-8-2-4-10(17-6-8)13(20)18-11-5-7(12(16)19)1-3-9(11)15/h1-6H,(H2,16,19)(H,18,20). The Morgan fingerprint density at radius 1 is 1.25 bits per heavy atom. The maximum Gasteiger partial charge on any atom is 0.274 e. The summed E-state index contributed by atoms with van der Waals surface area (Å²) in [6.07, 6.45) is 1.51. The Labute approximate surface area is 128 Å². The number of nitrogens with two attached hydrogens (primary N) is 1. The molecule has 0 aliphatic rings. The molecular weight excluding hydrogens is 346 g/mol. The molecule has 0 atom stereocenters. The number of benzene rings is 1. The van der Waals surface area contributed by atoms with Crippen LogP contribution in [-0.4, -0.2) is 16.8 Å². The molecular formula is C13H9BrClN3O2. The normalized spacial score (nSPS) is 10.1. The second-order valence-electron chi connectivity index (χ2n) is 3.87. The van der Waals surface area contributed by atoms with Gasteiger partial charge in [0.15, 0.2) is 0 Å². The van der Waals surface area contributed by atoms with E-state index in [0.29, 0.717) is 10.7 Å². The summed E-state index contributed by atoms with van der Waals surface area (Å²) in [5.41, 5.74) is 5.97. The van der Waals surface area contributed by atoms with Crippen LogP contribution >= 0.6 is 27.5 Å². The van der Waals surface area contributed by atoms with Crippen LogP contribution in [0.3, 0.4) is 0 Å². The largest absolute Gasteiger partial charge is 0.366 e. The van der Waals surface area contributed by atoms with Crippen LogP contribution in [0.25, 0.3) is 0 Å². The van der Waals surface area contributed by atoms with Gasteiger partial charge < -0.3 is 11.1 Å². The van der Waals surface area contributed by atoms with Crippen molar-refractivity contribution in [3.8, 4) is 0 Å². The highest BCUT2D eigenvalue weighted by molar-refractivity contribution is 9.10. The molecule has 0 aliphatic carbocycles. The molecule has 0 aliphatic heterocycles. The van der Waals surface area contributed by atoms with Crippen molar-refractivity contribution < 1.29 is 9.59 Å². The maximum absolute atomic E-state index is 12.0. The smallest absolute Gasteiger partial charge is 0.274 e. The first-order valence-corrected chi connectivity index (χ1v) is 6.67. The molecule has 20 heavy (non-hydrogen) atoms. The van der Waals surface area contributed by atoms with Gasteiger partial charge in [0.25, 0.3) is 5.91 Å². The van der Waals surface area contributed by atoms with E-state index in [1.807, 2.05) is 0 Å². The molecule has 2 rings (SSSR count). The Morgan fingerprint density at radius 2 is 2.00 bits per heavy atom. The Hall–Kier alpha value is -1.92. The fourth-order valence-electron chi connectivity index (χ4n) is 1.47. The predicted octanol–water partition coefficient (Wildman–Crippen LogP) is 2.85. The second kappa shape index (κ2) is 6.02. The van der Waals surface area contributed by atoms with Crippen LogP contribution in [-0.2, 0) is 0 Å². The highest BCUT2D eigenvalue weighted by Crippen LogP contribution is 2.23. The van der Waals surface area contributed by atoms with E-state index >= 15 is 0 Å². The van der Waals surface area contributed by atoms with Gasteiger partial charge in [-0.25, -0.2) is 4.98 Å². The number of carbonyl (C=O) groups is 2. The Kier molecular flexibility index (Phi) is 4.36. The number of nitrogens with one attached hydrogen (secondary N) is 1. The van der Waals surface area contributed by atoms with Crippen LogP contribution in [0.15, 0.2) is 41.0 Å². The highest BCUT2D eigenvalue weighted by atomic mass is 79.9. The summed E-state index contributed by atoms with van der Waals surface area (Å²) >= 11 is 9.19. The van der Waals surface area contributed by atoms with Gasteiger partial charge in [0.05, 0.1) is 10.7 Å². The summed E-state index contributed by atoms with van der Waals surface area (Å²) in [5.74, 6) is -1.03. The molecule has 1 aromatic heterocycles. The van der Waals surface area contributed by atoms with E-state index in [1.54, 1.807) is 12.1 Å². The van der Waals surface area contributed by atoms with Crippen molar-refractivity contribution in [1.29, 1.82) is 0 Å². The molecule has 2 amide bonds. The van der Waals surface area contributed by atoms with Gasteiger partial charge in [-0.15, -0.1) is 0 Å². The monoisotopic (exact) mass is 353 g/mol. The van der Waals surface area contributed by atoms with Crippen molar-refractivity contribution in [3.63, 3.8) is 0 Å². The molecule has 0 fully saturated rings. The summed E-state index contributed by atoms with van der Waals surface area (Å²) in [7, 11) is 0. The molecule has 102 valence electrons. The van der Waals surface area contributed by atoms with E-state index in [0.717, 1.165) is 4.47 Å². The van der Waals surface area contributed by atoms with E-state index in [1.165, 1.54) is 24.4 Å². The lowest BCUT2D eigenvalue weighted by Gasteiger charge is -2.08. The molecule has 0 unspecified atom stereocenters. The minimum Gasteiger partial charge on any atom is -0.366 e. The van der Waals surface area contributed by atoms with E-state index in [2.05, 4.69) is 26.2 Å². The number of hydrogen-bond donors (Lipinski definition) is 2. The SMILES string of the molecule is NC(=O)c1ccc(Cl)c(NC(=O)c2ccc(Br)cn2)c1. The first-order valence-electron chi connectivity index (χ1n) is 5.49. The minimum absolute atomic E-state index is 0.230. The number of amides is 2. The molecule has 0 radical (unpaired) electrons. The van der Waals surface area contributed by atoms with Gasteiger partial charge in [-0.05, 0) is 46.3 Å². The third kappa shape index (κ3) is 3.34. The molecule has 3 N–H and O–H groups in total. The zero-order valence-electron chi connectivity index (χ0n) is 10.1. The lowest BCUT2D eigenvalue weighted by atomic mass is 10.2. The van der Waals surface area contributed by atoms with Gasteiger partial charge in [-0.2, -0.15) is 0 Å². The van der Waals surface area contributed by atoms with Crippen molar-refractivity contribution in [2.75, 3.05) is 5.32 Å². The van der Waals surface area contributed by atoms with E-state index in [4.69, 9.17) is 17.3 Å². The second-order valence-corrected chi connectivity index (χ2v) is 5.20. The summed E-state index contributed by atoms with van der Waals surface area (Å²) in [6, 6.07) is 7.65. The van der Waals surface area contributed by atoms with Gasteiger partial charge >= 0.3 is 0 Å². The number of hydrogen-bond acceptors (Lipinski definition) is 3. The number of aromatic nitrogens is 1. The number of primary amides is 1. The van der Waals surface area contributed by atoms with Crippen molar-refractivity contribution >= 4 is 45.0 Å². The van der Waals surface area contributed by atoms with Crippen molar-refractivity contribution in [2.24, 2.45) is 5.73 Å². The van der Waals surface area contributed by atoms with Crippen LogP contribution in [0.5, 0.6) is 0 Å². The van der Waals surface area contributed by atoms with Crippen molar-refractivity contribution in [2.45, 2.75) is 0 Å². The molecule has 0 bridgehead atoms. The average Bonchev–Trinajstić information content (AvgIpc) is 2.41. The van der Waals surface area contributed by atoms with E-state index < -0.39 is 11.8 Å².